The topological polar surface area (TPSA) is 85.1 Å². The van der Waals surface area contributed by atoms with Gasteiger partial charge in [0.05, 0.1) is 39.0 Å². The zero-order valence-electron chi connectivity index (χ0n) is 19.0. The van der Waals surface area contributed by atoms with Crippen molar-refractivity contribution in [1.29, 1.82) is 0 Å². The highest BCUT2D eigenvalue weighted by Gasteiger charge is 2.46. The van der Waals surface area contributed by atoms with Gasteiger partial charge in [0.15, 0.2) is 9.84 Å². The van der Waals surface area contributed by atoms with Crippen LogP contribution in [0.5, 0.6) is 0 Å². The summed E-state index contributed by atoms with van der Waals surface area (Å²) in [5.41, 5.74) is 4.16. The molecule has 0 radical (unpaired) electrons. The summed E-state index contributed by atoms with van der Waals surface area (Å²) in [6, 6.07) is 13.4. The van der Waals surface area contributed by atoms with Gasteiger partial charge in [0, 0.05) is 12.1 Å². The summed E-state index contributed by atoms with van der Waals surface area (Å²) in [5.74, 6) is 0.0206. The van der Waals surface area contributed by atoms with Crippen LogP contribution in [-0.4, -0.2) is 39.1 Å². The Kier molecular flexibility index (Phi) is 5.49. The van der Waals surface area contributed by atoms with E-state index in [2.05, 4.69) is 16.2 Å². The first-order chi connectivity index (χ1) is 15.8. The van der Waals surface area contributed by atoms with Crippen molar-refractivity contribution < 1.29 is 13.5 Å². The number of rotatable bonds is 6. The molecule has 0 bridgehead atoms. The number of benzene rings is 1. The Morgan fingerprint density at radius 2 is 1.97 bits per heavy atom. The Morgan fingerprint density at radius 1 is 1.18 bits per heavy atom. The van der Waals surface area contributed by atoms with Crippen LogP contribution in [0.1, 0.15) is 50.1 Å². The fraction of sp³-hybridized carbons (Fsp3) is 0.385. The van der Waals surface area contributed by atoms with Gasteiger partial charge in [-0.1, -0.05) is 23.8 Å². The fourth-order valence-corrected chi connectivity index (χ4v) is 6.44. The van der Waals surface area contributed by atoms with Crippen molar-refractivity contribution in [2.24, 2.45) is 5.92 Å². The molecule has 2 heterocycles. The van der Waals surface area contributed by atoms with Crippen LogP contribution < -0.4 is 0 Å². The molecule has 0 aliphatic heterocycles. The predicted molar refractivity (Wildman–Crippen MR) is 128 cm³/mol. The molecule has 1 N–H and O–H groups in total. The van der Waals surface area contributed by atoms with E-state index in [4.69, 9.17) is 0 Å². The normalized spacial score (nSPS) is 22.2. The van der Waals surface area contributed by atoms with Gasteiger partial charge in [-0.3, -0.25) is 4.98 Å². The molecule has 5 rings (SSSR count). The van der Waals surface area contributed by atoms with Crippen LogP contribution in [0.25, 0.3) is 11.8 Å². The zero-order chi connectivity index (χ0) is 23.2. The molecule has 2 aliphatic rings. The van der Waals surface area contributed by atoms with Gasteiger partial charge in [-0.2, -0.15) is 5.10 Å². The van der Waals surface area contributed by atoms with Crippen LogP contribution in [0, 0.1) is 5.92 Å². The number of fused-ring (bicyclic) bond motifs is 2. The molecule has 1 unspecified atom stereocenters. The summed E-state index contributed by atoms with van der Waals surface area (Å²) in [4.78, 5) is 4.66. The molecule has 0 amide bonds. The molecular weight excluding hydrogens is 434 g/mol. The highest BCUT2D eigenvalue weighted by Crippen LogP contribution is 2.48. The van der Waals surface area contributed by atoms with Crippen molar-refractivity contribution in [2.75, 3.05) is 0 Å². The molecule has 33 heavy (non-hydrogen) atoms. The van der Waals surface area contributed by atoms with E-state index in [0.717, 1.165) is 29.8 Å². The van der Waals surface area contributed by atoms with Gasteiger partial charge >= 0.3 is 0 Å². The van der Waals surface area contributed by atoms with E-state index in [9.17, 15) is 13.5 Å². The molecule has 0 saturated heterocycles. The zero-order valence-corrected chi connectivity index (χ0v) is 19.8. The van der Waals surface area contributed by atoms with E-state index in [1.54, 1.807) is 32.2 Å². The number of aryl methyl sites for hydroxylation is 1. The summed E-state index contributed by atoms with van der Waals surface area (Å²) in [6.07, 6.45) is 8.88. The molecule has 6 nitrogen and oxygen atoms in total. The third-order valence-corrected chi connectivity index (χ3v) is 9.37. The van der Waals surface area contributed by atoms with Crippen molar-refractivity contribution >= 4 is 15.9 Å². The van der Waals surface area contributed by atoms with Gasteiger partial charge in [-0.25, -0.2) is 13.1 Å². The molecular formula is C26H29N3O3S. The number of sulfone groups is 1. The average molecular weight is 464 g/mol. The molecule has 1 fully saturated rings. The van der Waals surface area contributed by atoms with Crippen molar-refractivity contribution in [3.05, 3.63) is 77.4 Å². The molecule has 0 spiro atoms. The predicted octanol–water partition coefficient (Wildman–Crippen LogP) is 4.16. The summed E-state index contributed by atoms with van der Waals surface area (Å²) >= 11 is 0. The smallest absolute Gasteiger partial charge is 0.182 e. The maximum atomic E-state index is 12.8. The molecule has 2 aromatic heterocycles. The van der Waals surface area contributed by atoms with E-state index in [-0.39, 0.29) is 10.8 Å². The molecule has 1 aromatic carbocycles. The Hall–Kier alpha value is -2.77. The summed E-state index contributed by atoms with van der Waals surface area (Å²) in [6.45, 7) is 3.37. The monoisotopic (exact) mass is 463 g/mol. The maximum absolute atomic E-state index is 12.8. The standard InChI is InChI=1S/C26H29N3O3S/c1-18(2)33(31,32)25-9-6-14-27-23(25)11-13-26(30)12-10-19-16-24-20(15-22(19)26)17-28-29(24)21-7-4-3-5-8-21/h3-9,14,16-18,22,30H,10-13,15H2,1-2H3/t22?,26-/m1/s1. The van der Waals surface area contributed by atoms with Gasteiger partial charge in [0.2, 0.25) is 0 Å². The number of pyridine rings is 1. The van der Waals surface area contributed by atoms with E-state index in [1.165, 1.54) is 5.57 Å². The van der Waals surface area contributed by atoms with E-state index in [0.29, 0.717) is 25.0 Å². The second-order valence-corrected chi connectivity index (χ2v) is 11.9. The van der Waals surface area contributed by atoms with Crippen molar-refractivity contribution in [2.45, 2.75) is 61.7 Å². The second kappa shape index (κ2) is 8.22. The minimum Gasteiger partial charge on any atom is -0.389 e. The van der Waals surface area contributed by atoms with E-state index < -0.39 is 20.7 Å². The van der Waals surface area contributed by atoms with Crippen LogP contribution in [0.15, 0.2) is 65.3 Å². The molecule has 2 aliphatic carbocycles. The van der Waals surface area contributed by atoms with Crippen molar-refractivity contribution in [1.82, 2.24) is 14.8 Å². The first kappa shape index (κ1) is 22.0. The maximum Gasteiger partial charge on any atom is 0.182 e. The lowest BCUT2D eigenvalue weighted by Crippen LogP contribution is -2.36. The van der Waals surface area contributed by atoms with E-state index in [1.807, 2.05) is 41.2 Å². The van der Waals surface area contributed by atoms with Gasteiger partial charge in [0.1, 0.15) is 0 Å². The number of para-hydroxylation sites is 1. The lowest BCUT2D eigenvalue weighted by atomic mass is 9.78. The molecule has 7 heteroatoms. The van der Waals surface area contributed by atoms with Crippen LogP contribution in [-0.2, 0) is 22.7 Å². The number of hydrogen-bond donors (Lipinski definition) is 1. The fourth-order valence-electron chi connectivity index (χ4n) is 5.18. The molecule has 3 aromatic rings. The quantitative estimate of drug-likeness (QED) is 0.593. The highest BCUT2D eigenvalue weighted by molar-refractivity contribution is 7.92. The Bertz CT molecular complexity index is 1310. The Morgan fingerprint density at radius 3 is 2.73 bits per heavy atom. The minimum atomic E-state index is -3.43. The molecule has 2 atom stereocenters. The van der Waals surface area contributed by atoms with Crippen molar-refractivity contribution in [3.8, 4) is 5.69 Å². The minimum absolute atomic E-state index is 0.0206. The first-order valence-corrected chi connectivity index (χ1v) is 13.1. The Labute approximate surface area is 194 Å². The van der Waals surface area contributed by atoms with E-state index >= 15 is 0 Å². The molecule has 172 valence electrons. The van der Waals surface area contributed by atoms with Gasteiger partial charge in [-0.15, -0.1) is 0 Å². The van der Waals surface area contributed by atoms with Crippen molar-refractivity contribution in [3.63, 3.8) is 0 Å². The Balaban J connectivity index is 1.39. The van der Waals surface area contributed by atoms with Crippen LogP contribution in [0.2, 0.25) is 0 Å². The largest absolute Gasteiger partial charge is 0.389 e. The molecule has 1 saturated carbocycles. The number of aromatic nitrogens is 3. The lowest BCUT2D eigenvalue weighted by Gasteiger charge is -2.32. The summed E-state index contributed by atoms with van der Waals surface area (Å²) in [5, 5.41) is 15.7. The number of hydrogen-bond acceptors (Lipinski definition) is 5. The number of nitrogens with zero attached hydrogens (tertiary/aromatic N) is 3. The van der Waals surface area contributed by atoms with Crippen LogP contribution in [0.4, 0.5) is 0 Å². The highest BCUT2D eigenvalue weighted by atomic mass is 32.2. The third kappa shape index (κ3) is 3.83. The summed E-state index contributed by atoms with van der Waals surface area (Å²) < 4.78 is 27.6. The van der Waals surface area contributed by atoms with Crippen LogP contribution >= 0.6 is 0 Å². The van der Waals surface area contributed by atoms with Gasteiger partial charge in [0.25, 0.3) is 0 Å². The van der Waals surface area contributed by atoms with Crippen LogP contribution in [0.3, 0.4) is 0 Å². The lowest BCUT2D eigenvalue weighted by molar-refractivity contribution is 0.00122. The van der Waals surface area contributed by atoms with Gasteiger partial charge in [-0.05, 0) is 81.9 Å². The second-order valence-electron chi connectivity index (χ2n) is 9.42. The first-order valence-electron chi connectivity index (χ1n) is 11.5. The number of aliphatic hydroxyl groups is 1. The third-order valence-electron chi connectivity index (χ3n) is 7.15. The SMILES string of the molecule is CC(C)S(=O)(=O)c1cccnc1CC[C@]1(O)CCC2=Cc3c(cnn3-c3ccccc3)CC21. The summed E-state index contributed by atoms with van der Waals surface area (Å²) in [7, 11) is -3.43. The average Bonchev–Trinajstić information content (AvgIpc) is 3.38. The van der Waals surface area contributed by atoms with Gasteiger partial charge < -0.3 is 5.11 Å².